The summed E-state index contributed by atoms with van der Waals surface area (Å²) in [6.07, 6.45) is 0.437. The first kappa shape index (κ1) is 20.8. The molecule has 158 valence electrons. The molecular weight excluding hydrogens is 396 g/mol. The molecule has 1 saturated heterocycles. The van der Waals surface area contributed by atoms with Crippen molar-refractivity contribution in [1.82, 2.24) is 4.90 Å². The minimum atomic E-state index is -0.999. The van der Waals surface area contributed by atoms with Gasteiger partial charge in [0.2, 0.25) is 5.91 Å². The predicted octanol–water partition coefficient (Wildman–Crippen LogP) is 4.32. The highest BCUT2D eigenvalue weighted by atomic mass is 32.2. The maximum Gasteiger partial charge on any atom is 0.268 e. The zero-order valence-electron chi connectivity index (χ0n) is 18.0. The van der Waals surface area contributed by atoms with Crippen LogP contribution in [0.5, 0.6) is 5.75 Å². The molecule has 0 bridgehead atoms. The van der Waals surface area contributed by atoms with Gasteiger partial charge in [-0.2, -0.15) is 0 Å². The first-order chi connectivity index (χ1) is 14.4. The molecule has 4 rings (SSSR count). The summed E-state index contributed by atoms with van der Waals surface area (Å²) in [6.45, 7) is 7.18. The van der Waals surface area contributed by atoms with Crippen LogP contribution in [0.1, 0.15) is 37.0 Å². The van der Waals surface area contributed by atoms with Gasteiger partial charge in [0.25, 0.3) is 5.91 Å². The van der Waals surface area contributed by atoms with Crippen molar-refractivity contribution in [1.29, 1.82) is 0 Å². The number of rotatable bonds is 5. The number of benzene rings is 2. The lowest BCUT2D eigenvalue weighted by Gasteiger charge is -2.33. The molecule has 2 aliphatic rings. The summed E-state index contributed by atoms with van der Waals surface area (Å²) in [5.74, 6) is 1.68. The number of carbonyl (C=O) groups excluding carboxylic acids is 2. The van der Waals surface area contributed by atoms with Gasteiger partial charge in [0.1, 0.15) is 5.75 Å². The summed E-state index contributed by atoms with van der Waals surface area (Å²) in [5.41, 5.74) is 3.97. The number of carbonyl (C=O) groups is 2. The van der Waals surface area contributed by atoms with Crippen LogP contribution in [0.4, 0.5) is 5.69 Å². The Balaban J connectivity index is 1.79. The Morgan fingerprint density at radius 1 is 1.20 bits per heavy atom. The van der Waals surface area contributed by atoms with Crippen molar-refractivity contribution in [2.45, 2.75) is 38.6 Å². The minimum absolute atomic E-state index is 0.0362. The second-order valence-corrected chi connectivity index (χ2v) is 9.68. The maximum absolute atomic E-state index is 13.9. The predicted molar refractivity (Wildman–Crippen MR) is 121 cm³/mol. The second-order valence-electron chi connectivity index (χ2n) is 8.40. The molecule has 30 heavy (non-hydrogen) atoms. The molecule has 2 aliphatic heterocycles. The molecule has 0 N–H and O–H groups in total. The molecule has 0 unspecified atom stereocenters. The van der Waals surface area contributed by atoms with E-state index >= 15 is 0 Å². The number of thioether (sulfide) groups is 1. The van der Waals surface area contributed by atoms with Crippen molar-refractivity contribution in [2.75, 3.05) is 24.3 Å². The highest BCUT2D eigenvalue weighted by molar-refractivity contribution is 8.01. The van der Waals surface area contributed by atoms with Gasteiger partial charge in [-0.05, 0) is 36.6 Å². The fraction of sp³-hybridized carbons (Fsp3) is 0.417. The lowest BCUT2D eigenvalue weighted by Crippen LogP contribution is -2.50. The molecule has 1 fully saturated rings. The molecule has 2 aromatic carbocycles. The number of nitrogens with zero attached hydrogens (tertiary/aromatic N) is 2. The topological polar surface area (TPSA) is 49.9 Å². The molecule has 2 aromatic rings. The summed E-state index contributed by atoms with van der Waals surface area (Å²) in [5, 5.41) is 0. The van der Waals surface area contributed by atoms with Gasteiger partial charge in [-0.25, -0.2) is 0 Å². The zero-order valence-corrected chi connectivity index (χ0v) is 18.8. The van der Waals surface area contributed by atoms with E-state index in [9.17, 15) is 9.59 Å². The number of aryl methyl sites for hydroxylation is 1. The average Bonchev–Trinajstić information content (AvgIpc) is 3.26. The lowest BCUT2D eigenvalue weighted by molar-refractivity contribution is -0.140. The Kier molecular flexibility index (Phi) is 5.53. The average molecular weight is 425 g/mol. The van der Waals surface area contributed by atoms with Gasteiger partial charge in [0.05, 0.1) is 19.3 Å². The Morgan fingerprint density at radius 2 is 1.93 bits per heavy atom. The number of anilines is 1. The van der Waals surface area contributed by atoms with Crippen LogP contribution >= 0.6 is 11.8 Å². The summed E-state index contributed by atoms with van der Waals surface area (Å²) in [6, 6.07) is 14.0. The number of hydrogen-bond acceptors (Lipinski definition) is 4. The van der Waals surface area contributed by atoms with Crippen LogP contribution in [0.3, 0.4) is 0 Å². The van der Waals surface area contributed by atoms with Crippen molar-refractivity contribution < 1.29 is 14.3 Å². The molecule has 1 spiro atoms. The van der Waals surface area contributed by atoms with E-state index in [1.54, 1.807) is 23.8 Å². The van der Waals surface area contributed by atoms with Gasteiger partial charge in [-0.15, -0.1) is 11.8 Å². The van der Waals surface area contributed by atoms with Gasteiger partial charge >= 0.3 is 0 Å². The quantitative estimate of drug-likeness (QED) is 0.717. The molecule has 5 nitrogen and oxygen atoms in total. The van der Waals surface area contributed by atoms with Crippen molar-refractivity contribution >= 4 is 29.3 Å². The Labute approximate surface area is 182 Å². The highest BCUT2D eigenvalue weighted by Crippen LogP contribution is 2.55. The molecule has 2 amide bonds. The van der Waals surface area contributed by atoms with E-state index in [4.69, 9.17) is 4.74 Å². The number of amides is 2. The summed E-state index contributed by atoms with van der Waals surface area (Å²) in [7, 11) is 1.62. The van der Waals surface area contributed by atoms with Crippen molar-refractivity contribution in [3.05, 3.63) is 59.2 Å². The van der Waals surface area contributed by atoms with Crippen LogP contribution in [0.15, 0.2) is 42.5 Å². The fourth-order valence-corrected chi connectivity index (χ4v) is 5.74. The van der Waals surface area contributed by atoms with Crippen LogP contribution in [-0.4, -0.2) is 36.1 Å². The van der Waals surface area contributed by atoms with Crippen LogP contribution in [-0.2, 0) is 21.0 Å². The smallest absolute Gasteiger partial charge is 0.268 e. The number of ether oxygens (including phenoxy) is 1. The Bertz CT molecular complexity index is 973. The minimum Gasteiger partial charge on any atom is -0.497 e. The van der Waals surface area contributed by atoms with E-state index in [0.717, 1.165) is 22.6 Å². The molecule has 0 aliphatic carbocycles. The molecule has 0 radical (unpaired) electrons. The normalized spacial score (nSPS) is 20.4. The van der Waals surface area contributed by atoms with Crippen molar-refractivity contribution in [3.63, 3.8) is 0 Å². The van der Waals surface area contributed by atoms with E-state index < -0.39 is 4.87 Å². The summed E-state index contributed by atoms with van der Waals surface area (Å²) >= 11 is 1.56. The zero-order chi connectivity index (χ0) is 21.5. The molecule has 0 aromatic heterocycles. The molecule has 2 heterocycles. The van der Waals surface area contributed by atoms with Gasteiger partial charge < -0.3 is 14.5 Å². The third kappa shape index (κ3) is 3.37. The number of methoxy groups -OCH3 is 1. The fourth-order valence-electron chi connectivity index (χ4n) is 4.27. The first-order valence-electron chi connectivity index (χ1n) is 10.4. The van der Waals surface area contributed by atoms with E-state index in [1.165, 1.54) is 5.56 Å². The third-order valence-corrected chi connectivity index (χ3v) is 7.17. The summed E-state index contributed by atoms with van der Waals surface area (Å²) < 4.78 is 5.46. The molecule has 1 atom stereocenters. The monoisotopic (exact) mass is 424 g/mol. The van der Waals surface area contributed by atoms with E-state index in [2.05, 4.69) is 31.2 Å². The van der Waals surface area contributed by atoms with Gasteiger partial charge in [0.15, 0.2) is 4.87 Å². The van der Waals surface area contributed by atoms with Gasteiger partial charge in [-0.3, -0.25) is 9.59 Å². The van der Waals surface area contributed by atoms with E-state index in [-0.39, 0.29) is 17.7 Å². The van der Waals surface area contributed by atoms with E-state index in [0.29, 0.717) is 25.3 Å². The molecular formula is C24H28N2O3S. The Hall–Kier alpha value is -2.47. The molecule has 0 saturated carbocycles. The van der Waals surface area contributed by atoms with E-state index in [1.807, 2.05) is 36.9 Å². The Morgan fingerprint density at radius 3 is 2.60 bits per heavy atom. The van der Waals surface area contributed by atoms with Crippen LogP contribution in [0.2, 0.25) is 0 Å². The van der Waals surface area contributed by atoms with Crippen LogP contribution < -0.4 is 9.64 Å². The van der Waals surface area contributed by atoms with Gasteiger partial charge in [0, 0.05) is 24.3 Å². The highest BCUT2D eigenvalue weighted by Gasteiger charge is 2.59. The van der Waals surface area contributed by atoms with Crippen molar-refractivity contribution in [2.24, 2.45) is 5.92 Å². The molecule has 6 heteroatoms. The summed E-state index contributed by atoms with van der Waals surface area (Å²) in [4.78, 5) is 29.7. The van der Waals surface area contributed by atoms with Crippen LogP contribution in [0, 0.1) is 12.8 Å². The SMILES string of the molecule is COc1ccc2c(c1)[C@]1(SCCN1C(=O)CC(C)C)C(=O)N2Cc1ccc(C)cc1. The first-order valence-corrected chi connectivity index (χ1v) is 11.4. The maximum atomic E-state index is 13.9. The standard InChI is InChI=1S/C24H28N2O3S/c1-16(2)13-22(27)26-11-12-30-24(26)20-14-19(29-4)9-10-21(20)25(23(24)28)15-18-7-5-17(3)6-8-18/h5-10,14,16H,11-13,15H2,1-4H3/t24-/m0/s1. The number of fused-ring (bicyclic) bond motifs is 2. The lowest BCUT2D eigenvalue weighted by atomic mass is 10.0. The number of hydrogen-bond donors (Lipinski definition) is 0. The second kappa shape index (κ2) is 7.99. The van der Waals surface area contributed by atoms with Gasteiger partial charge in [-0.1, -0.05) is 43.7 Å². The largest absolute Gasteiger partial charge is 0.497 e. The third-order valence-electron chi connectivity index (χ3n) is 5.75. The van der Waals surface area contributed by atoms with Crippen molar-refractivity contribution in [3.8, 4) is 5.75 Å². The van der Waals surface area contributed by atoms with Crippen LogP contribution in [0.25, 0.3) is 0 Å².